The number of carbonyl (C=O) groups excluding carboxylic acids is 1. The number of carbonyl (C=O) groups is 1. The van der Waals surface area contributed by atoms with Crippen molar-refractivity contribution in [3.05, 3.63) is 58.1 Å². The van der Waals surface area contributed by atoms with E-state index >= 15 is 0 Å². The smallest absolute Gasteiger partial charge is 0.418 e. The van der Waals surface area contributed by atoms with Gasteiger partial charge in [0, 0.05) is 28.1 Å². The predicted molar refractivity (Wildman–Crippen MR) is 145 cm³/mol. The molecule has 3 fully saturated rings. The minimum atomic E-state index is -4.71. The van der Waals surface area contributed by atoms with Crippen LogP contribution in [0.3, 0.4) is 0 Å². The maximum Gasteiger partial charge on any atom is 0.418 e. The molecule has 3 saturated carbocycles. The van der Waals surface area contributed by atoms with Gasteiger partial charge in [-0.3, -0.25) is 9.13 Å². The molecule has 216 valence electrons. The van der Waals surface area contributed by atoms with Crippen LogP contribution in [0.15, 0.2) is 41.3 Å². The summed E-state index contributed by atoms with van der Waals surface area (Å²) in [6, 6.07) is 6.47. The molecule has 10 nitrogen and oxygen atoms in total. The number of pyridine rings is 2. The second kappa shape index (κ2) is 8.68. The summed E-state index contributed by atoms with van der Waals surface area (Å²) >= 11 is 0. The standard InChI is InChI=1S/C28H29F3N6O4/c1-25(2,40)17-10-21(34-22-15(17)6-5-7-16(22)28(29,30)31)33-20-11-18-19(12-32-20)36(3)24(39)37(18)27-9-8-26(13-27,14-27)35-23(38)41-4/h5-7,10-12,40H,8-9,13-14H2,1-4H3,(H,35,38)(H,32,33,34)/i3D3. The van der Waals surface area contributed by atoms with Crippen LogP contribution in [-0.4, -0.2) is 43.0 Å². The zero-order chi connectivity index (χ0) is 32.0. The van der Waals surface area contributed by atoms with Gasteiger partial charge in [-0.1, -0.05) is 12.1 Å². The number of aryl methyl sites for hydroxylation is 1. The van der Waals surface area contributed by atoms with Crippen molar-refractivity contribution < 1.29 is 31.9 Å². The van der Waals surface area contributed by atoms with E-state index in [1.54, 1.807) is 0 Å². The molecule has 3 heterocycles. The van der Waals surface area contributed by atoms with Gasteiger partial charge in [0.25, 0.3) is 0 Å². The summed E-state index contributed by atoms with van der Waals surface area (Å²) in [5, 5.41) is 16.7. The lowest BCUT2D eigenvalue weighted by molar-refractivity contribution is -0.136. The molecule has 3 aliphatic carbocycles. The third-order valence-electron chi connectivity index (χ3n) is 8.22. The Labute approximate surface area is 236 Å². The molecule has 0 aliphatic heterocycles. The van der Waals surface area contributed by atoms with Gasteiger partial charge in [0.2, 0.25) is 0 Å². The molecule has 0 saturated heterocycles. The van der Waals surface area contributed by atoms with Gasteiger partial charge in [-0.05, 0) is 57.2 Å². The first-order valence-corrected chi connectivity index (χ1v) is 12.9. The highest BCUT2D eigenvalue weighted by Gasteiger charge is 2.63. The van der Waals surface area contributed by atoms with Crippen LogP contribution in [0.2, 0.25) is 0 Å². The lowest BCUT2D eigenvalue weighted by Crippen LogP contribution is -2.60. The number of benzene rings is 1. The van der Waals surface area contributed by atoms with Crippen molar-refractivity contribution in [2.24, 2.45) is 6.98 Å². The number of nitrogens with one attached hydrogen (secondary N) is 2. The third-order valence-corrected chi connectivity index (χ3v) is 8.22. The lowest BCUT2D eigenvalue weighted by atomic mass is 9.71. The molecule has 0 radical (unpaired) electrons. The number of rotatable bonds is 5. The zero-order valence-corrected chi connectivity index (χ0v) is 22.4. The van der Waals surface area contributed by atoms with Gasteiger partial charge in [0.05, 0.1) is 46.6 Å². The Morgan fingerprint density at radius 1 is 1.15 bits per heavy atom. The first-order chi connectivity index (χ1) is 20.4. The SMILES string of the molecule is [2H]C([2H])([2H])n1c(=O)n(C23CCC(NC(=O)OC)(C2)C3)c2cc(Nc3cc(C(C)(C)O)c4cccc(C(F)(F)F)c4n3)ncc21. The fourth-order valence-electron chi connectivity index (χ4n) is 6.52. The minimum absolute atomic E-state index is 0.0447. The maximum absolute atomic E-state index is 13.9. The van der Waals surface area contributed by atoms with E-state index in [-0.39, 0.29) is 39.1 Å². The fourth-order valence-corrected chi connectivity index (χ4v) is 6.52. The van der Waals surface area contributed by atoms with E-state index in [1.165, 1.54) is 56.0 Å². The zero-order valence-electron chi connectivity index (χ0n) is 25.4. The molecule has 1 aromatic carbocycles. The van der Waals surface area contributed by atoms with E-state index in [9.17, 15) is 27.9 Å². The Hall–Kier alpha value is -4.13. The van der Waals surface area contributed by atoms with Crippen molar-refractivity contribution in [1.82, 2.24) is 24.4 Å². The van der Waals surface area contributed by atoms with E-state index in [0.717, 1.165) is 6.07 Å². The number of imidazole rings is 1. The number of hydrogen-bond acceptors (Lipinski definition) is 7. The van der Waals surface area contributed by atoms with Crippen molar-refractivity contribution in [2.75, 3.05) is 12.4 Å². The number of hydrogen-bond donors (Lipinski definition) is 3. The Balaban J connectivity index is 1.48. The minimum Gasteiger partial charge on any atom is -0.453 e. The van der Waals surface area contributed by atoms with Gasteiger partial charge in [-0.25, -0.2) is 19.6 Å². The molecule has 3 aliphatic rings. The number of fused-ring (bicyclic) bond motifs is 3. The highest BCUT2D eigenvalue weighted by atomic mass is 19.4. The number of alkyl halides is 3. The first kappa shape index (κ1) is 23.6. The molecule has 0 atom stereocenters. The summed E-state index contributed by atoms with van der Waals surface area (Å²) < 4.78 is 72.7. The van der Waals surface area contributed by atoms with Crippen LogP contribution in [0.25, 0.3) is 21.9 Å². The summed E-state index contributed by atoms with van der Waals surface area (Å²) in [5.74, 6) is 0.0333. The normalized spacial score (nSPS) is 23.5. The van der Waals surface area contributed by atoms with Crippen molar-refractivity contribution in [1.29, 1.82) is 0 Å². The monoisotopic (exact) mass is 573 g/mol. The van der Waals surface area contributed by atoms with Gasteiger partial charge in [0.15, 0.2) is 0 Å². The van der Waals surface area contributed by atoms with E-state index in [0.29, 0.717) is 30.3 Å². The molecule has 0 unspecified atom stereocenters. The molecule has 41 heavy (non-hydrogen) atoms. The Morgan fingerprint density at radius 2 is 1.90 bits per heavy atom. The van der Waals surface area contributed by atoms with Gasteiger partial charge in [-0.2, -0.15) is 13.2 Å². The Bertz CT molecular complexity index is 1890. The van der Waals surface area contributed by atoms with Crippen LogP contribution < -0.4 is 16.3 Å². The Morgan fingerprint density at radius 3 is 2.56 bits per heavy atom. The van der Waals surface area contributed by atoms with E-state index in [2.05, 4.69) is 20.6 Å². The number of nitrogens with zero attached hydrogens (tertiary/aromatic N) is 4. The van der Waals surface area contributed by atoms with Gasteiger partial charge < -0.3 is 20.5 Å². The van der Waals surface area contributed by atoms with Gasteiger partial charge >= 0.3 is 18.0 Å². The average molecular weight is 574 g/mol. The van der Waals surface area contributed by atoms with Crippen LogP contribution in [0, 0.1) is 0 Å². The molecule has 0 spiro atoms. The van der Waals surface area contributed by atoms with Crippen molar-refractivity contribution in [3.63, 3.8) is 0 Å². The fraction of sp³-hybridized carbons (Fsp3) is 0.429. The number of aliphatic hydroxyl groups is 1. The molecular formula is C28H29F3N6O4. The van der Waals surface area contributed by atoms with Crippen LogP contribution in [0.5, 0.6) is 0 Å². The van der Waals surface area contributed by atoms with E-state index in [4.69, 9.17) is 8.85 Å². The number of para-hydroxylation sites is 1. The Kier molecular flexibility index (Phi) is 4.99. The number of anilines is 2. The molecule has 3 aromatic heterocycles. The molecule has 2 bridgehead atoms. The molecular weight excluding hydrogens is 541 g/mol. The average Bonchev–Trinajstić information content (AvgIpc) is 3.53. The molecule has 3 N–H and O–H groups in total. The van der Waals surface area contributed by atoms with Crippen molar-refractivity contribution >= 4 is 39.7 Å². The second-order valence-electron chi connectivity index (χ2n) is 11.4. The summed E-state index contributed by atoms with van der Waals surface area (Å²) in [6.07, 6.45) is -2.31. The van der Waals surface area contributed by atoms with E-state index < -0.39 is 47.2 Å². The summed E-state index contributed by atoms with van der Waals surface area (Å²) in [5.41, 5.74) is -4.54. The first-order valence-electron chi connectivity index (χ1n) is 14.4. The largest absolute Gasteiger partial charge is 0.453 e. The van der Waals surface area contributed by atoms with Crippen LogP contribution >= 0.6 is 0 Å². The molecule has 7 rings (SSSR count). The predicted octanol–water partition coefficient (Wildman–Crippen LogP) is 4.65. The molecule has 1 amide bonds. The molecule has 4 aromatic rings. The second-order valence-corrected chi connectivity index (χ2v) is 11.4. The topological polar surface area (TPSA) is 123 Å². The highest BCUT2D eigenvalue weighted by molar-refractivity contribution is 5.89. The van der Waals surface area contributed by atoms with Crippen LogP contribution in [0.4, 0.5) is 29.6 Å². The summed E-state index contributed by atoms with van der Waals surface area (Å²) in [6.45, 7) is 0.0645. The highest BCUT2D eigenvalue weighted by Crippen LogP contribution is 2.60. The number of halogens is 3. The van der Waals surface area contributed by atoms with E-state index in [1.807, 2.05) is 0 Å². The number of ether oxygens (including phenoxy) is 1. The quantitative estimate of drug-likeness (QED) is 0.318. The van der Waals surface area contributed by atoms with Gasteiger partial charge in [0.1, 0.15) is 11.6 Å². The maximum atomic E-state index is 13.9. The van der Waals surface area contributed by atoms with Gasteiger partial charge in [-0.15, -0.1) is 0 Å². The number of methoxy groups -OCH3 is 1. The van der Waals surface area contributed by atoms with Crippen LogP contribution in [-0.2, 0) is 29.0 Å². The number of alkyl carbamates (subject to hydrolysis) is 1. The number of amides is 1. The summed E-state index contributed by atoms with van der Waals surface area (Å²) in [7, 11) is 1.25. The van der Waals surface area contributed by atoms with Crippen molar-refractivity contribution in [3.8, 4) is 0 Å². The van der Waals surface area contributed by atoms with Crippen LogP contribution in [0.1, 0.15) is 54.8 Å². The number of aromatic nitrogens is 4. The van der Waals surface area contributed by atoms with Crippen molar-refractivity contribution in [2.45, 2.75) is 62.4 Å². The molecule has 13 heteroatoms. The lowest BCUT2D eigenvalue weighted by Gasteiger charge is -2.47. The third kappa shape index (κ3) is 4.21. The summed E-state index contributed by atoms with van der Waals surface area (Å²) in [4.78, 5) is 34.1.